The van der Waals surface area contributed by atoms with E-state index in [1.165, 1.54) is 0 Å². The monoisotopic (exact) mass is 533 g/mol. The van der Waals surface area contributed by atoms with Crippen LogP contribution in [0.3, 0.4) is 0 Å². The van der Waals surface area contributed by atoms with Crippen molar-refractivity contribution in [3.05, 3.63) is 59.7 Å². The summed E-state index contributed by atoms with van der Waals surface area (Å²) >= 11 is 0. The number of benzene rings is 2. The number of nitrogens with zero attached hydrogens (tertiary/aromatic N) is 1. The average Bonchev–Trinajstić information content (AvgIpc) is 3.48. The van der Waals surface area contributed by atoms with Crippen molar-refractivity contribution in [2.24, 2.45) is 17.8 Å². The largest absolute Gasteiger partial charge is 0.394 e. The molecule has 0 aromatic heterocycles. The average molecular weight is 534 g/mol. The number of carbonyl (C=O) groups excluding carboxylic acids is 3. The molecule has 39 heavy (non-hydrogen) atoms. The maximum absolute atomic E-state index is 14.4. The number of carbonyl (C=O) groups is 3. The third-order valence-electron chi connectivity index (χ3n) is 9.28. The zero-order valence-electron chi connectivity index (χ0n) is 23.4. The lowest BCUT2D eigenvalue weighted by Gasteiger charge is -2.39. The highest BCUT2D eigenvalue weighted by Crippen LogP contribution is 2.63. The number of amides is 3. The van der Waals surface area contributed by atoms with Gasteiger partial charge in [0, 0.05) is 11.4 Å². The molecule has 2 unspecified atom stereocenters. The Morgan fingerprint density at radius 3 is 2.49 bits per heavy atom. The number of para-hydroxylation sites is 1. The summed E-state index contributed by atoms with van der Waals surface area (Å²) in [5, 5.41) is 16.5. The molecular formula is C31H39N3O5. The van der Waals surface area contributed by atoms with Gasteiger partial charge in [-0.1, -0.05) is 50.6 Å². The van der Waals surface area contributed by atoms with Crippen LogP contribution in [0.15, 0.2) is 48.5 Å². The van der Waals surface area contributed by atoms with Crippen LogP contribution < -0.4 is 10.6 Å². The van der Waals surface area contributed by atoms with Gasteiger partial charge < -0.3 is 25.4 Å². The summed E-state index contributed by atoms with van der Waals surface area (Å²) in [6.07, 6.45) is 1.75. The summed E-state index contributed by atoms with van der Waals surface area (Å²) in [6, 6.07) is 13.4. The van der Waals surface area contributed by atoms with Crippen LogP contribution in [0.25, 0.3) is 0 Å². The molecule has 2 bridgehead atoms. The Labute approximate surface area is 230 Å². The van der Waals surface area contributed by atoms with E-state index in [1.54, 1.807) is 17.0 Å². The van der Waals surface area contributed by atoms with Gasteiger partial charge >= 0.3 is 0 Å². The minimum absolute atomic E-state index is 0.0606. The van der Waals surface area contributed by atoms with Crippen LogP contribution in [0.2, 0.25) is 0 Å². The SMILES string of the molecule is CC[C@H](C)[C@H](CO)N1C(=O)[C@@H]2[C@@H](C(=O)Nc3ccccc3)[C@@]3(C)CCC2(O3)C1C(=O)Nc1cc(C)ccc1C. The van der Waals surface area contributed by atoms with Crippen LogP contribution in [-0.4, -0.2) is 57.6 Å². The molecule has 2 aromatic rings. The maximum Gasteiger partial charge on any atom is 0.250 e. The summed E-state index contributed by atoms with van der Waals surface area (Å²) in [4.78, 5) is 43.9. The molecule has 3 aliphatic rings. The lowest BCUT2D eigenvalue weighted by molar-refractivity contribution is -0.148. The first-order valence-electron chi connectivity index (χ1n) is 13.9. The number of aryl methyl sites for hydroxylation is 2. The van der Waals surface area contributed by atoms with E-state index in [9.17, 15) is 19.5 Å². The van der Waals surface area contributed by atoms with Crippen LogP contribution in [0.1, 0.15) is 51.2 Å². The number of anilines is 2. The van der Waals surface area contributed by atoms with Crippen LogP contribution in [-0.2, 0) is 19.1 Å². The number of hydrogen-bond donors (Lipinski definition) is 3. The minimum atomic E-state index is -1.16. The van der Waals surface area contributed by atoms with Crippen molar-refractivity contribution in [3.8, 4) is 0 Å². The van der Waals surface area contributed by atoms with Crippen molar-refractivity contribution >= 4 is 29.1 Å². The molecule has 0 aliphatic carbocycles. The van der Waals surface area contributed by atoms with Crippen LogP contribution in [0.4, 0.5) is 11.4 Å². The fraction of sp³-hybridized carbons (Fsp3) is 0.516. The Balaban J connectivity index is 1.57. The Morgan fingerprint density at radius 2 is 1.82 bits per heavy atom. The smallest absolute Gasteiger partial charge is 0.250 e. The van der Waals surface area contributed by atoms with Crippen molar-refractivity contribution in [2.75, 3.05) is 17.2 Å². The number of ether oxygens (including phenoxy) is 1. The Bertz CT molecular complexity index is 1280. The molecule has 1 spiro atoms. The van der Waals surface area contributed by atoms with Gasteiger partial charge in [-0.3, -0.25) is 14.4 Å². The normalized spacial score (nSPS) is 30.7. The summed E-state index contributed by atoms with van der Waals surface area (Å²) in [6.45, 7) is 9.44. The molecule has 2 aromatic carbocycles. The molecule has 0 saturated carbocycles. The highest BCUT2D eigenvalue weighted by atomic mass is 16.5. The van der Waals surface area contributed by atoms with Crippen LogP contribution >= 0.6 is 0 Å². The fourth-order valence-corrected chi connectivity index (χ4v) is 7.05. The molecule has 3 saturated heterocycles. The van der Waals surface area contributed by atoms with Gasteiger partial charge in [-0.25, -0.2) is 0 Å². The lowest BCUT2D eigenvalue weighted by atomic mass is 9.66. The second-order valence-corrected chi connectivity index (χ2v) is 11.8. The lowest BCUT2D eigenvalue weighted by Crippen LogP contribution is -2.57. The predicted molar refractivity (Wildman–Crippen MR) is 149 cm³/mol. The van der Waals surface area contributed by atoms with Gasteiger partial charge in [0.1, 0.15) is 11.6 Å². The summed E-state index contributed by atoms with van der Waals surface area (Å²) < 4.78 is 6.71. The number of nitrogens with one attached hydrogen (secondary N) is 2. The molecule has 208 valence electrons. The zero-order valence-corrected chi connectivity index (χ0v) is 23.4. The van der Waals surface area contributed by atoms with E-state index in [0.717, 1.165) is 11.1 Å². The quantitative estimate of drug-likeness (QED) is 0.475. The maximum atomic E-state index is 14.4. The summed E-state index contributed by atoms with van der Waals surface area (Å²) in [5.74, 6) is -2.59. The number of aliphatic hydroxyl groups is 1. The third-order valence-corrected chi connectivity index (χ3v) is 9.28. The minimum Gasteiger partial charge on any atom is -0.394 e. The van der Waals surface area contributed by atoms with Gasteiger partial charge in [0.05, 0.1) is 30.1 Å². The summed E-state index contributed by atoms with van der Waals surface area (Å²) in [5.41, 5.74) is 1.18. The molecule has 3 N–H and O–H groups in total. The van der Waals surface area contributed by atoms with E-state index in [-0.39, 0.29) is 30.2 Å². The highest BCUT2D eigenvalue weighted by molar-refractivity contribution is 6.05. The Morgan fingerprint density at radius 1 is 1.10 bits per heavy atom. The van der Waals surface area contributed by atoms with Crippen LogP contribution in [0.5, 0.6) is 0 Å². The Hall–Kier alpha value is -3.23. The molecule has 3 fully saturated rings. The number of aliphatic hydroxyl groups excluding tert-OH is 1. The van der Waals surface area contributed by atoms with Gasteiger partial charge in [-0.05, 0) is 68.9 Å². The van der Waals surface area contributed by atoms with E-state index in [4.69, 9.17) is 4.74 Å². The van der Waals surface area contributed by atoms with Gasteiger partial charge in [-0.2, -0.15) is 0 Å². The van der Waals surface area contributed by atoms with Gasteiger partial charge in [0.25, 0.3) is 0 Å². The first kappa shape index (κ1) is 27.3. The number of rotatable bonds is 8. The second kappa shape index (κ2) is 10.1. The number of hydrogen-bond acceptors (Lipinski definition) is 5. The van der Waals surface area contributed by atoms with Crippen molar-refractivity contribution in [1.29, 1.82) is 0 Å². The van der Waals surface area contributed by atoms with Crippen molar-refractivity contribution in [2.45, 2.75) is 77.2 Å². The Kier molecular flexibility index (Phi) is 7.06. The number of likely N-dealkylation sites (tertiary alicyclic amines) is 1. The zero-order chi connectivity index (χ0) is 28.1. The van der Waals surface area contributed by atoms with E-state index in [1.807, 2.05) is 71.0 Å². The molecule has 3 amide bonds. The van der Waals surface area contributed by atoms with Gasteiger partial charge in [0.15, 0.2) is 0 Å². The third kappa shape index (κ3) is 4.34. The van der Waals surface area contributed by atoms with Crippen molar-refractivity contribution in [1.82, 2.24) is 4.90 Å². The second-order valence-electron chi connectivity index (χ2n) is 11.8. The molecule has 5 rings (SSSR count). The molecular weight excluding hydrogens is 494 g/mol. The van der Waals surface area contributed by atoms with Gasteiger partial charge in [0.2, 0.25) is 17.7 Å². The topological polar surface area (TPSA) is 108 Å². The van der Waals surface area contributed by atoms with E-state index < -0.39 is 35.1 Å². The summed E-state index contributed by atoms with van der Waals surface area (Å²) in [7, 11) is 0. The highest BCUT2D eigenvalue weighted by Gasteiger charge is 2.78. The molecule has 3 heterocycles. The molecule has 0 radical (unpaired) electrons. The van der Waals surface area contributed by atoms with Crippen LogP contribution in [0, 0.1) is 31.6 Å². The van der Waals surface area contributed by atoms with E-state index >= 15 is 0 Å². The van der Waals surface area contributed by atoms with E-state index in [0.29, 0.717) is 30.6 Å². The first-order chi connectivity index (χ1) is 18.6. The fourth-order valence-electron chi connectivity index (χ4n) is 7.05. The van der Waals surface area contributed by atoms with Crippen molar-refractivity contribution in [3.63, 3.8) is 0 Å². The number of fused-ring (bicyclic) bond motifs is 1. The van der Waals surface area contributed by atoms with E-state index in [2.05, 4.69) is 10.6 Å². The molecule has 3 aliphatic heterocycles. The first-order valence-corrected chi connectivity index (χ1v) is 13.9. The standard InChI is InChI=1S/C31H39N3O5/c1-6-19(3)23(17-35)34-26(28(37)33-22-16-18(2)12-13-20(22)4)31-15-14-30(5,39-31)24(25(31)29(34)38)27(36)32-21-10-8-7-9-11-21/h7-13,16,19,23-26,35H,6,14-15,17H2,1-5H3,(H,32,36)(H,33,37)/t19-,23-,24-,25-,26?,30+,31?/m0/s1. The molecule has 8 heteroatoms. The van der Waals surface area contributed by atoms with Crippen molar-refractivity contribution < 1.29 is 24.2 Å². The molecule has 8 nitrogen and oxygen atoms in total. The predicted octanol–water partition coefficient (Wildman–Crippen LogP) is 4.05. The molecule has 7 atom stereocenters. The van der Waals surface area contributed by atoms with Gasteiger partial charge in [-0.15, -0.1) is 0 Å².